The zero-order valence-electron chi connectivity index (χ0n) is 17.0. The molecule has 1 aliphatic heterocycles. The lowest BCUT2D eigenvalue weighted by atomic mass is 9.89. The van der Waals surface area contributed by atoms with E-state index in [1.807, 2.05) is 13.0 Å². The van der Waals surface area contributed by atoms with E-state index in [1.54, 1.807) is 26.4 Å². The highest BCUT2D eigenvalue weighted by atomic mass is 16.5. The highest BCUT2D eigenvalue weighted by molar-refractivity contribution is 5.93. The van der Waals surface area contributed by atoms with Gasteiger partial charge in [-0.15, -0.1) is 0 Å². The molecule has 2 N–H and O–H groups in total. The number of carbonyl (C=O) groups is 1. The Bertz CT molecular complexity index is 771. The zero-order valence-corrected chi connectivity index (χ0v) is 17.0. The Morgan fingerprint density at radius 1 is 1.07 bits per heavy atom. The van der Waals surface area contributed by atoms with Crippen LogP contribution in [0.15, 0.2) is 48.5 Å². The number of rotatable bonds is 7. The SMILES string of the molecule is COc1ccc(NC(=O)[C@@H](C)[NH+]2CCC(Cc3ccccc3)CC2)cc1OC. The number of carbonyl (C=O) groups excluding carboxylic acids is 1. The molecule has 1 fully saturated rings. The van der Waals surface area contributed by atoms with Crippen molar-refractivity contribution >= 4 is 11.6 Å². The van der Waals surface area contributed by atoms with Crippen molar-refractivity contribution in [2.45, 2.75) is 32.2 Å². The molecule has 0 aliphatic carbocycles. The van der Waals surface area contributed by atoms with E-state index in [4.69, 9.17) is 9.47 Å². The quantitative estimate of drug-likeness (QED) is 0.773. The van der Waals surface area contributed by atoms with Gasteiger partial charge >= 0.3 is 0 Å². The van der Waals surface area contributed by atoms with E-state index in [1.165, 1.54) is 10.5 Å². The van der Waals surface area contributed by atoms with Crippen LogP contribution in [0.3, 0.4) is 0 Å². The minimum atomic E-state index is -0.0780. The van der Waals surface area contributed by atoms with Gasteiger partial charge in [0.25, 0.3) is 5.91 Å². The van der Waals surface area contributed by atoms with Gasteiger partial charge in [-0.1, -0.05) is 30.3 Å². The number of piperidine rings is 1. The third-order valence-corrected chi connectivity index (χ3v) is 5.77. The molecule has 1 atom stereocenters. The molecule has 5 nitrogen and oxygen atoms in total. The second kappa shape index (κ2) is 9.60. The third kappa shape index (κ3) is 5.04. The fourth-order valence-electron chi connectivity index (χ4n) is 3.98. The molecule has 0 unspecified atom stereocenters. The Morgan fingerprint density at radius 3 is 2.39 bits per heavy atom. The van der Waals surface area contributed by atoms with Crippen LogP contribution in [-0.2, 0) is 11.2 Å². The Labute approximate surface area is 167 Å². The van der Waals surface area contributed by atoms with Crippen LogP contribution in [0.1, 0.15) is 25.3 Å². The van der Waals surface area contributed by atoms with E-state index in [0.29, 0.717) is 17.4 Å². The van der Waals surface area contributed by atoms with Gasteiger partial charge in [0, 0.05) is 11.8 Å². The van der Waals surface area contributed by atoms with Gasteiger partial charge in [-0.05, 0) is 49.8 Å². The van der Waals surface area contributed by atoms with Crippen LogP contribution in [0.5, 0.6) is 11.5 Å². The normalized spacial score (nSPS) is 20.2. The second-order valence-electron chi connectivity index (χ2n) is 7.57. The number of ether oxygens (including phenoxy) is 2. The van der Waals surface area contributed by atoms with Crippen molar-refractivity contribution in [3.63, 3.8) is 0 Å². The minimum absolute atomic E-state index is 0.0451. The average Bonchev–Trinajstić information content (AvgIpc) is 2.74. The minimum Gasteiger partial charge on any atom is -0.493 e. The summed E-state index contributed by atoms with van der Waals surface area (Å²) in [4.78, 5) is 14.1. The summed E-state index contributed by atoms with van der Waals surface area (Å²) in [5, 5.41) is 3.02. The van der Waals surface area contributed by atoms with E-state index in [-0.39, 0.29) is 11.9 Å². The van der Waals surface area contributed by atoms with Crippen LogP contribution >= 0.6 is 0 Å². The number of quaternary nitrogens is 1. The van der Waals surface area contributed by atoms with E-state index >= 15 is 0 Å². The molecule has 1 aliphatic rings. The van der Waals surface area contributed by atoms with Crippen molar-refractivity contribution in [1.82, 2.24) is 0 Å². The van der Waals surface area contributed by atoms with Crippen LogP contribution in [0.4, 0.5) is 5.69 Å². The summed E-state index contributed by atoms with van der Waals surface area (Å²) in [5.74, 6) is 2.03. The fraction of sp³-hybridized carbons (Fsp3) is 0.435. The molecule has 0 saturated carbocycles. The van der Waals surface area contributed by atoms with E-state index in [2.05, 4.69) is 35.6 Å². The van der Waals surface area contributed by atoms with Gasteiger partial charge in [-0.3, -0.25) is 4.79 Å². The first kappa shape index (κ1) is 20.2. The molecule has 1 heterocycles. The average molecular weight is 384 g/mol. The van der Waals surface area contributed by atoms with Gasteiger partial charge in [0.05, 0.1) is 27.3 Å². The molecule has 1 amide bonds. The first-order chi connectivity index (χ1) is 13.6. The molecule has 150 valence electrons. The largest absolute Gasteiger partial charge is 0.493 e. The fourth-order valence-corrected chi connectivity index (χ4v) is 3.98. The molecule has 1 saturated heterocycles. The second-order valence-corrected chi connectivity index (χ2v) is 7.57. The molecular weight excluding hydrogens is 352 g/mol. The molecule has 0 radical (unpaired) electrons. The maximum atomic E-state index is 12.7. The lowest BCUT2D eigenvalue weighted by Crippen LogP contribution is -3.17. The summed E-state index contributed by atoms with van der Waals surface area (Å²) in [6, 6.07) is 16.1. The van der Waals surface area contributed by atoms with Crippen molar-refractivity contribution in [1.29, 1.82) is 0 Å². The van der Waals surface area contributed by atoms with Gasteiger partial charge < -0.3 is 19.7 Å². The Hall–Kier alpha value is -2.53. The number of hydrogen-bond donors (Lipinski definition) is 2. The topological polar surface area (TPSA) is 52.0 Å². The monoisotopic (exact) mass is 383 g/mol. The Morgan fingerprint density at radius 2 is 1.75 bits per heavy atom. The molecule has 0 aromatic heterocycles. The highest BCUT2D eigenvalue weighted by Crippen LogP contribution is 2.29. The van der Waals surface area contributed by atoms with E-state index in [0.717, 1.165) is 38.0 Å². The van der Waals surface area contributed by atoms with Gasteiger partial charge in [-0.2, -0.15) is 0 Å². The van der Waals surface area contributed by atoms with Crippen LogP contribution < -0.4 is 19.7 Å². The molecule has 28 heavy (non-hydrogen) atoms. The van der Waals surface area contributed by atoms with Gasteiger partial charge in [-0.25, -0.2) is 0 Å². The summed E-state index contributed by atoms with van der Waals surface area (Å²) >= 11 is 0. The van der Waals surface area contributed by atoms with Crippen molar-refractivity contribution in [2.75, 3.05) is 32.6 Å². The van der Waals surface area contributed by atoms with Crippen molar-refractivity contribution < 1.29 is 19.2 Å². The van der Waals surface area contributed by atoms with Crippen molar-refractivity contribution in [3.8, 4) is 11.5 Å². The summed E-state index contributed by atoms with van der Waals surface area (Å²) in [5.41, 5.74) is 2.14. The third-order valence-electron chi connectivity index (χ3n) is 5.77. The Balaban J connectivity index is 1.52. The predicted molar refractivity (Wildman–Crippen MR) is 111 cm³/mol. The number of methoxy groups -OCH3 is 2. The first-order valence-corrected chi connectivity index (χ1v) is 10.0. The van der Waals surface area contributed by atoms with Crippen LogP contribution in [0.2, 0.25) is 0 Å². The molecule has 0 spiro atoms. The molecule has 2 aromatic rings. The van der Waals surface area contributed by atoms with E-state index in [9.17, 15) is 4.79 Å². The van der Waals surface area contributed by atoms with Crippen LogP contribution in [0, 0.1) is 5.92 Å². The van der Waals surface area contributed by atoms with Gasteiger partial charge in [0.1, 0.15) is 0 Å². The van der Waals surface area contributed by atoms with Crippen molar-refractivity contribution in [2.24, 2.45) is 5.92 Å². The molecule has 0 bridgehead atoms. The number of nitrogens with one attached hydrogen (secondary N) is 2. The lowest BCUT2D eigenvalue weighted by Gasteiger charge is -2.32. The molecule has 3 rings (SSSR count). The molecular formula is C23H31N2O3+. The highest BCUT2D eigenvalue weighted by Gasteiger charge is 2.30. The number of benzene rings is 2. The molecule has 5 heteroatoms. The lowest BCUT2D eigenvalue weighted by molar-refractivity contribution is -0.919. The predicted octanol–water partition coefficient (Wildman–Crippen LogP) is 2.57. The first-order valence-electron chi connectivity index (χ1n) is 10.0. The maximum absolute atomic E-state index is 12.7. The number of hydrogen-bond acceptors (Lipinski definition) is 3. The van der Waals surface area contributed by atoms with Gasteiger partial charge in [0.2, 0.25) is 0 Å². The molecule has 2 aromatic carbocycles. The number of anilines is 1. The summed E-state index contributed by atoms with van der Waals surface area (Å²) in [6.07, 6.45) is 3.47. The maximum Gasteiger partial charge on any atom is 0.282 e. The number of likely N-dealkylation sites (tertiary alicyclic amines) is 1. The van der Waals surface area contributed by atoms with Gasteiger partial charge in [0.15, 0.2) is 17.5 Å². The Kier molecular flexibility index (Phi) is 6.93. The smallest absolute Gasteiger partial charge is 0.282 e. The van der Waals surface area contributed by atoms with Crippen LogP contribution in [-0.4, -0.2) is 39.3 Å². The summed E-state index contributed by atoms with van der Waals surface area (Å²) in [7, 11) is 3.19. The standard InChI is InChI=1S/C23H30N2O3/c1-17(23(26)24-20-9-10-21(27-2)22(16-20)28-3)25-13-11-19(12-14-25)15-18-7-5-4-6-8-18/h4-10,16-17,19H,11-15H2,1-3H3,(H,24,26)/p+1/t17-/m1/s1. The number of amides is 1. The summed E-state index contributed by atoms with van der Waals surface area (Å²) < 4.78 is 10.6. The van der Waals surface area contributed by atoms with Crippen molar-refractivity contribution in [3.05, 3.63) is 54.1 Å². The van der Waals surface area contributed by atoms with Crippen LogP contribution in [0.25, 0.3) is 0 Å². The van der Waals surface area contributed by atoms with E-state index < -0.39 is 0 Å². The zero-order chi connectivity index (χ0) is 19.9. The summed E-state index contributed by atoms with van der Waals surface area (Å²) in [6.45, 7) is 4.10.